The first-order valence-electron chi connectivity index (χ1n) is 11.5. The fraction of sp³-hybridized carbons (Fsp3) is 0.385. The molecule has 180 valence electrons. The molecule has 0 fully saturated rings. The number of aliphatic hydroxyl groups excluding tert-OH is 1. The SMILES string of the molecule is COc1cc(C2c3c(-c4cc(C)ccc4O)n[nH]c3C(=O)N2CCO)ccc1OCCC(C)C. The molecule has 0 spiro atoms. The normalized spacial score (nSPS) is 15.2. The number of aryl methyl sites for hydroxylation is 1. The molecule has 2 aromatic carbocycles. The van der Waals surface area contributed by atoms with E-state index in [1.165, 1.54) is 0 Å². The molecule has 8 heteroatoms. The highest BCUT2D eigenvalue weighted by molar-refractivity contribution is 6.00. The highest BCUT2D eigenvalue weighted by atomic mass is 16.5. The van der Waals surface area contributed by atoms with E-state index in [2.05, 4.69) is 24.0 Å². The lowest BCUT2D eigenvalue weighted by Gasteiger charge is -2.26. The summed E-state index contributed by atoms with van der Waals surface area (Å²) in [6.07, 6.45) is 0.925. The summed E-state index contributed by atoms with van der Waals surface area (Å²) in [6.45, 7) is 6.76. The number of H-pyrrole nitrogens is 1. The molecule has 1 aliphatic heterocycles. The van der Waals surface area contributed by atoms with Crippen LogP contribution in [0.1, 0.15) is 53.5 Å². The monoisotopic (exact) mass is 465 g/mol. The Morgan fingerprint density at radius 3 is 2.68 bits per heavy atom. The summed E-state index contributed by atoms with van der Waals surface area (Å²) < 4.78 is 11.5. The number of nitrogens with one attached hydrogen (secondary N) is 1. The van der Waals surface area contributed by atoms with Crippen molar-refractivity contribution in [2.24, 2.45) is 5.92 Å². The predicted octanol–water partition coefficient (Wildman–Crippen LogP) is 4.06. The van der Waals surface area contributed by atoms with Crippen LogP contribution in [0.15, 0.2) is 36.4 Å². The third-order valence-corrected chi connectivity index (χ3v) is 6.07. The molecule has 3 N–H and O–H groups in total. The Morgan fingerprint density at radius 1 is 1.18 bits per heavy atom. The molecule has 8 nitrogen and oxygen atoms in total. The summed E-state index contributed by atoms with van der Waals surface area (Å²) in [6, 6.07) is 10.4. The number of carbonyl (C=O) groups is 1. The van der Waals surface area contributed by atoms with Crippen LogP contribution >= 0.6 is 0 Å². The molecule has 1 aliphatic rings. The van der Waals surface area contributed by atoms with Gasteiger partial charge in [0.2, 0.25) is 0 Å². The van der Waals surface area contributed by atoms with E-state index >= 15 is 0 Å². The average molecular weight is 466 g/mol. The largest absolute Gasteiger partial charge is 0.507 e. The first kappa shape index (κ1) is 23.6. The second-order valence-electron chi connectivity index (χ2n) is 8.95. The van der Waals surface area contributed by atoms with Crippen LogP contribution in [0.25, 0.3) is 11.3 Å². The van der Waals surface area contributed by atoms with Crippen molar-refractivity contribution < 1.29 is 24.5 Å². The second kappa shape index (κ2) is 9.77. The lowest BCUT2D eigenvalue weighted by atomic mass is 9.95. The maximum atomic E-state index is 13.2. The number of hydrogen-bond donors (Lipinski definition) is 3. The fourth-order valence-corrected chi connectivity index (χ4v) is 4.30. The van der Waals surface area contributed by atoms with E-state index in [0.29, 0.717) is 46.5 Å². The molecule has 0 bridgehead atoms. The highest BCUT2D eigenvalue weighted by Crippen LogP contribution is 2.45. The number of β-amino-alcohol motifs (C(OH)–C–C–N with tert-alkyl or cyclic N) is 1. The van der Waals surface area contributed by atoms with Crippen LogP contribution in [-0.2, 0) is 0 Å². The van der Waals surface area contributed by atoms with Gasteiger partial charge in [-0.15, -0.1) is 0 Å². The predicted molar refractivity (Wildman–Crippen MR) is 128 cm³/mol. The van der Waals surface area contributed by atoms with Crippen LogP contribution in [0.4, 0.5) is 0 Å². The van der Waals surface area contributed by atoms with Gasteiger partial charge in [-0.2, -0.15) is 5.10 Å². The summed E-state index contributed by atoms with van der Waals surface area (Å²) in [5.41, 5.74) is 3.82. The third kappa shape index (κ3) is 4.33. The number of aromatic amines is 1. The third-order valence-electron chi connectivity index (χ3n) is 6.07. The van der Waals surface area contributed by atoms with Gasteiger partial charge < -0.3 is 24.6 Å². The molecule has 3 aromatic rings. The Hall–Kier alpha value is -3.52. The van der Waals surface area contributed by atoms with Crippen LogP contribution in [0.2, 0.25) is 0 Å². The number of nitrogens with zero attached hydrogens (tertiary/aromatic N) is 2. The number of fused-ring (bicyclic) bond motifs is 1. The van der Waals surface area contributed by atoms with Crippen molar-refractivity contribution >= 4 is 5.91 Å². The number of hydrogen-bond acceptors (Lipinski definition) is 6. The minimum absolute atomic E-state index is 0.0817. The average Bonchev–Trinajstić information content (AvgIpc) is 3.35. The summed E-state index contributed by atoms with van der Waals surface area (Å²) in [4.78, 5) is 14.8. The van der Waals surface area contributed by atoms with Crippen molar-refractivity contribution in [3.8, 4) is 28.5 Å². The molecule has 4 rings (SSSR count). The van der Waals surface area contributed by atoms with Gasteiger partial charge >= 0.3 is 0 Å². The number of ether oxygens (including phenoxy) is 2. The van der Waals surface area contributed by atoms with Crippen molar-refractivity contribution in [3.05, 3.63) is 58.8 Å². The summed E-state index contributed by atoms with van der Waals surface area (Å²) >= 11 is 0. The topological polar surface area (TPSA) is 108 Å². The van der Waals surface area contributed by atoms with Crippen LogP contribution in [0, 0.1) is 12.8 Å². The van der Waals surface area contributed by atoms with Gasteiger partial charge in [-0.25, -0.2) is 0 Å². The number of amides is 1. The van der Waals surface area contributed by atoms with E-state index in [-0.39, 0.29) is 24.8 Å². The lowest BCUT2D eigenvalue weighted by molar-refractivity contribution is 0.0706. The molecule has 1 unspecified atom stereocenters. The Morgan fingerprint density at radius 2 is 1.97 bits per heavy atom. The maximum Gasteiger partial charge on any atom is 0.273 e. The maximum absolute atomic E-state index is 13.2. The van der Waals surface area contributed by atoms with Crippen LogP contribution in [0.5, 0.6) is 17.2 Å². The molecule has 0 aliphatic carbocycles. The van der Waals surface area contributed by atoms with Crippen molar-refractivity contribution in [2.75, 3.05) is 26.9 Å². The first-order valence-corrected chi connectivity index (χ1v) is 11.5. The van der Waals surface area contributed by atoms with E-state index in [1.54, 1.807) is 18.1 Å². The van der Waals surface area contributed by atoms with E-state index in [0.717, 1.165) is 17.5 Å². The van der Waals surface area contributed by atoms with Crippen molar-refractivity contribution in [1.82, 2.24) is 15.1 Å². The van der Waals surface area contributed by atoms with Gasteiger partial charge in [0, 0.05) is 17.7 Å². The zero-order valence-electron chi connectivity index (χ0n) is 20.0. The van der Waals surface area contributed by atoms with E-state index in [9.17, 15) is 15.0 Å². The Kier molecular flexibility index (Phi) is 6.79. The summed E-state index contributed by atoms with van der Waals surface area (Å²) in [5, 5.41) is 27.5. The summed E-state index contributed by atoms with van der Waals surface area (Å²) in [5.74, 6) is 1.55. The van der Waals surface area contributed by atoms with Gasteiger partial charge in [-0.3, -0.25) is 9.89 Å². The van der Waals surface area contributed by atoms with Gasteiger partial charge in [-0.05, 0) is 49.1 Å². The zero-order valence-corrected chi connectivity index (χ0v) is 20.0. The standard InChI is InChI=1S/C26H31N3O5/c1-15(2)9-12-34-20-8-6-17(14-21(20)33-4)25-22-23(18-13-16(3)5-7-19(18)31)27-28-24(22)26(32)29(25)10-11-30/h5-8,13-15,25,30-31H,9-12H2,1-4H3,(H,27,28). The number of phenolic OH excluding ortho intramolecular Hbond substituents is 1. The minimum Gasteiger partial charge on any atom is -0.507 e. The van der Waals surface area contributed by atoms with E-state index in [4.69, 9.17) is 9.47 Å². The molecule has 2 heterocycles. The zero-order chi connectivity index (χ0) is 24.4. The highest BCUT2D eigenvalue weighted by Gasteiger charge is 2.42. The Balaban J connectivity index is 1.79. The number of benzene rings is 2. The first-order chi connectivity index (χ1) is 16.3. The quantitative estimate of drug-likeness (QED) is 0.440. The number of rotatable bonds is 9. The lowest BCUT2D eigenvalue weighted by Crippen LogP contribution is -2.32. The second-order valence-corrected chi connectivity index (χ2v) is 8.95. The van der Waals surface area contributed by atoms with Gasteiger partial charge in [0.15, 0.2) is 11.5 Å². The Bertz CT molecular complexity index is 1190. The molecule has 1 aromatic heterocycles. The van der Waals surface area contributed by atoms with E-state index < -0.39 is 6.04 Å². The van der Waals surface area contributed by atoms with Gasteiger partial charge in [-0.1, -0.05) is 31.5 Å². The van der Waals surface area contributed by atoms with Crippen molar-refractivity contribution in [2.45, 2.75) is 33.2 Å². The number of carbonyl (C=O) groups excluding carboxylic acids is 1. The smallest absolute Gasteiger partial charge is 0.273 e. The molecular weight excluding hydrogens is 434 g/mol. The number of phenols is 1. The molecular formula is C26H31N3O5. The van der Waals surface area contributed by atoms with Crippen molar-refractivity contribution in [3.63, 3.8) is 0 Å². The summed E-state index contributed by atoms with van der Waals surface area (Å²) in [7, 11) is 1.58. The Labute approximate surface area is 199 Å². The van der Waals surface area contributed by atoms with E-state index in [1.807, 2.05) is 37.3 Å². The van der Waals surface area contributed by atoms with Gasteiger partial charge in [0.1, 0.15) is 17.1 Å². The number of methoxy groups -OCH3 is 1. The number of aromatic nitrogens is 2. The van der Waals surface area contributed by atoms with Gasteiger partial charge in [0.25, 0.3) is 5.91 Å². The van der Waals surface area contributed by atoms with Crippen LogP contribution in [0.3, 0.4) is 0 Å². The van der Waals surface area contributed by atoms with Gasteiger partial charge in [0.05, 0.1) is 26.4 Å². The molecule has 1 atom stereocenters. The number of aliphatic hydroxyl groups is 1. The molecule has 0 saturated carbocycles. The fourth-order valence-electron chi connectivity index (χ4n) is 4.30. The minimum atomic E-state index is -0.512. The molecule has 34 heavy (non-hydrogen) atoms. The molecule has 0 radical (unpaired) electrons. The van der Waals surface area contributed by atoms with Crippen molar-refractivity contribution in [1.29, 1.82) is 0 Å². The number of aromatic hydroxyl groups is 1. The molecule has 1 amide bonds. The van der Waals surface area contributed by atoms with Crippen LogP contribution < -0.4 is 9.47 Å². The molecule has 0 saturated heterocycles. The van der Waals surface area contributed by atoms with Crippen LogP contribution in [-0.4, -0.2) is 58.1 Å².